The van der Waals surface area contributed by atoms with Crippen LogP contribution in [0, 0.1) is 27.7 Å². The molecule has 0 spiro atoms. The number of aromatic amines is 1. The third-order valence-electron chi connectivity index (χ3n) is 3.45. The van der Waals surface area contributed by atoms with Gasteiger partial charge in [-0.15, -0.1) is 0 Å². The van der Waals surface area contributed by atoms with Crippen LogP contribution in [0.25, 0.3) is 0 Å². The first-order valence-corrected chi connectivity index (χ1v) is 9.05. The van der Waals surface area contributed by atoms with E-state index in [0.29, 0.717) is 22.1 Å². The lowest BCUT2D eigenvalue weighted by molar-refractivity contribution is -0.115. The molecule has 0 aliphatic carbocycles. The summed E-state index contributed by atoms with van der Waals surface area (Å²) in [6, 6.07) is 3.61. The summed E-state index contributed by atoms with van der Waals surface area (Å²) in [6.07, 6.45) is 0. The van der Waals surface area contributed by atoms with Crippen LogP contribution in [0.2, 0.25) is 5.02 Å². The van der Waals surface area contributed by atoms with Crippen molar-refractivity contribution in [3.05, 3.63) is 39.7 Å². The molecule has 0 atom stereocenters. The molecule has 9 heteroatoms. The molecule has 3 N–H and O–H groups in total. The lowest BCUT2D eigenvalue weighted by atomic mass is 10.1. The lowest BCUT2D eigenvalue weighted by Gasteiger charge is -2.12. The van der Waals surface area contributed by atoms with Gasteiger partial charge in [-0.05, 0) is 44.9 Å². The predicted molar refractivity (Wildman–Crippen MR) is 92.8 cm³/mol. The molecule has 0 unspecified atom stereocenters. The normalized spacial score (nSPS) is 11.5. The summed E-state index contributed by atoms with van der Waals surface area (Å²) in [5.74, 6) is -0.508. The van der Waals surface area contributed by atoms with Crippen LogP contribution in [-0.4, -0.2) is 31.1 Å². The first-order valence-electron chi connectivity index (χ1n) is 7.19. The maximum absolute atomic E-state index is 12.3. The van der Waals surface area contributed by atoms with Gasteiger partial charge in [-0.1, -0.05) is 17.7 Å². The third kappa shape index (κ3) is 3.95. The van der Waals surface area contributed by atoms with E-state index in [1.165, 1.54) is 0 Å². The SMILES string of the molecule is Cc1cc(C)c(NC(=O)CNS(=O)(=O)c2c(C)n[nH]c2C)c(Cl)c1. The highest BCUT2D eigenvalue weighted by atomic mass is 35.5. The highest BCUT2D eigenvalue weighted by Crippen LogP contribution is 2.27. The molecule has 0 radical (unpaired) electrons. The van der Waals surface area contributed by atoms with Crippen molar-refractivity contribution in [2.75, 3.05) is 11.9 Å². The number of nitrogens with one attached hydrogen (secondary N) is 3. The molecule has 7 nitrogen and oxygen atoms in total. The fraction of sp³-hybridized carbons (Fsp3) is 0.333. The quantitative estimate of drug-likeness (QED) is 0.750. The number of benzene rings is 1. The van der Waals surface area contributed by atoms with Gasteiger partial charge in [0.1, 0.15) is 4.90 Å². The molecule has 1 amide bonds. The van der Waals surface area contributed by atoms with Gasteiger partial charge in [0.05, 0.1) is 28.6 Å². The average molecular weight is 371 g/mol. The van der Waals surface area contributed by atoms with E-state index in [1.807, 2.05) is 19.9 Å². The Morgan fingerprint density at radius 2 is 1.92 bits per heavy atom. The largest absolute Gasteiger partial charge is 0.323 e. The Labute approximate surface area is 145 Å². The van der Waals surface area contributed by atoms with Gasteiger partial charge in [-0.2, -0.15) is 5.10 Å². The molecule has 24 heavy (non-hydrogen) atoms. The van der Waals surface area contributed by atoms with Crippen molar-refractivity contribution in [1.29, 1.82) is 0 Å². The number of amides is 1. The summed E-state index contributed by atoms with van der Waals surface area (Å²) >= 11 is 6.13. The minimum atomic E-state index is -3.83. The molecule has 1 heterocycles. The first kappa shape index (κ1) is 18.4. The van der Waals surface area contributed by atoms with Crippen LogP contribution in [0.1, 0.15) is 22.5 Å². The van der Waals surface area contributed by atoms with Crippen molar-refractivity contribution in [1.82, 2.24) is 14.9 Å². The van der Waals surface area contributed by atoms with Crippen molar-refractivity contribution in [2.24, 2.45) is 0 Å². The van der Waals surface area contributed by atoms with Crippen LogP contribution in [-0.2, 0) is 14.8 Å². The highest BCUT2D eigenvalue weighted by Gasteiger charge is 2.23. The lowest BCUT2D eigenvalue weighted by Crippen LogP contribution is -2.33. The summed E-state index contributed by atoms with van der Waals surface area (Å²) in [5, 5.41) is 9.49. The summed E-state index contributed by atoms with van der Waals surface area (Å²) in [5.41, 5.74) is 3.01. The number of carbonyl (C=O) groups excluding carboxylic acids is 1. The maximum Gasteiger partial charge on any atom is 0.244 e. The van der Waals surface area contributed by atoms with Crippen LogP contribution in [0.15, 0.2) is 17.0 Å². The number of carbonyl (C=O) groups is 1. The Balaban J connectivity index is 2.09. The summed E-state index contributed by atoms with van der Waals surface area (Å²) in [6.45, 7) is 6.48. The molecule has 1 aromatic heterocycles. The minimum absolute atomic E-state index is 0.0554. The Bertz CT molecular complexity index is 848. The maximum atomic E-state index is 12.3. The zero-order valence-corrected chi connectivity index (χ0v) is 15.4. The van der Waals surface area contributed by atoms with Crippen LogP contribution < -0.4 is 10.0 Å². The van der Waals surface area contributed by atoms with Crippen LogP contribution in [0.3, 0.4) is 0 Å². The van der Waals surface area contributed by atoms with E-state index in [9.17, 15) is 13.2 Å². The number of sulfonamides is 1. The number of aryl methyl sites for hydroxylation is 4. The number of rotatable bonds is 5. The molecular formula is C15H19ClN4O3S. The predicted octanol–water partition coefficient (Wildman–Crippen LogP) is 2.21. The Hall–Kier alpha value is -1.90. The molecule has 0 bridgehead atoms. The van der Waals surface area contributed by atoms with Crippen molar-refractivity contribution in [3.63, 3.8) is 0 Å². The van der Waals surface area contributed by atoms with E-state index in [2.05, 4.69) is 20.2 Å². The number of halogens is 1. The van der Waals surface area contributed by atoms with Gasteiger partial charge >= 0.3 is 0 Å². The topological polar surface area (TPSA) is 104 Å². The first-order chi connectivity index (χ1) is 11.1. The molecule has 2 aromatic rings. The second-order valence-corrected chi connectivity index (χ2v) is 7.69. The second-order valence-electron chi connectivity index (χ2n) is 5.57. The van der Waals surface area contributed by atoms with Crippen LogP contribution >= 0.6 is 11.6 Å². The number of aromatic nitrogens is 2. The monoisotopic (exact) mass is 370 g/mol. The number of H-pyrrole nitrogens is 1. The van der Waals surface area contributed by atoms with E-state index in [4.69, 9.17) is 11.6 Å². The Morgan fingerprint density at radius 3 is 2.46 bits per heavy atom. The zero-order valence-electron chi connectivity index (χ0n) is 13.8. The van der Waals surface area contributed by atoms with Gasteiger partial charge in [0.15, 0.2) is 0 Å². The number of hydrogen-bond acceptors (Lipinski definition) is 4. The van der Waals surface area contributed by atoms with Gasteiger partial charge in [-0.3, -0.25) is 9.89 Å². The van der Waals surface area contributed by atoms with E-state index in [-0.39, 0.29) is 4.90 Å². The fourth-order valence-electron chi connectivity index (χ4n) is 2.43. The molecular weight excluding hydrogens is 352 g/mol. The molecule has 0 aliphatic rings. The molecule has 0 fully saturated rings. The highest BCUT2D eigenvalue weighted by molar-refractivity contribution is 7.89. The number of nitrogens with zero attached hydrogens (tertiary/aromatic N) is 1. The Kier molecular flexibility index (Phi) is 5.32. The molecule has 0 saturated heterocycles. The van der Waals surface area contributed by atoms with Crippen LogP contribution in [0.4, 0.5) is 5.69 Å². The molecule has 2 rings (SSSR count). The third-order valence-corrected chi connectivity index (χ3v) is 5.41. The van der Waals surface area contributed by atoms with Gasteiger partial charge < -0.3 is 5.32 Å². The van der Waals surface area contributed by atoms with Crippen molar-refractivity contribution in [3.8, 4) is 0 Å². The molecule has 0 aliphatic heterocycles. The van der Waals surface area contributed by atoms with Crippen molar-refractivity contribution < 1.29 is 13.2 Å². The van der Waals surface area contributed by atoms with Gasteiger partial charge in [-0.25, -0.2) is 13.1 Å². The minimum Gasteiger partial charge on any atom is -0.323 e. The second kappa shape index (κ2) is 6.92. The van der Waals surface area contributed by atoms with Crippen molar-refractivity contribution in [2.45, 2.75) is 32.6 Å². The van der Waals surface area contributed by atoms with Gasteiger partial charge in [0, 0.05) is 0 Å². The number of hydrogen-bond donors (Lipinski definition) is 3. The van der Waals surface area contributed by atoms with Crippen LogP contribution in [0.5, 0.6) is 0 Å². The van der Waals surface area contributed by atoms with E-state index in [0.717, 1.165) is 11.1 Å². The fourth-order valence-corrected chi connectivity index (χ4v) is 4.14. The Morgan fingerprint density at radius 1 is 1.25 bits per heavy atom. The average Bonchev–Trinajstić information content (AvgIpc) is 2.80. The van der Waals surface area contributed by atoms with E-state index >= 15 is 0 Å². The summed E-state index contributed by atoms with van der Waals surface area (Å²) in [4.78, 5) is 12.1. The summed E-state index contributed by atoms with van der Waals surface area (Å²) < 4.78 is 26.9. The standard InChI is InChI=1S/C15H19ClN4O3S/c1-8-5-9(2)14(12(16)6-8)18-13(21)7-17-24(22,23)15-10(3)19-20-11(15)4/h5-6,17H,7H2,1-4H3,(H,18,21)(H,19,20). The van der Waals surface area contributed by atoms with E-state index in [1.54, 1.807) is 19.9 Å². The van der Waals surface area contributed by atoms with Crippen molar-refractivity contribution >= 4 is 33.2 Å². The summed E-state index contributed by atoms with van der Waals surface area (Å²) in [7, 11) is -3.83. The van der Waals surface area contributed by atoms with Gasteiger partial charge in [0.25, 0.3) is 0 Å². The van der Waals surface area contributed by atoms with E-state index < -0.39 is 22.5 Å². The molecule has 0 saturated carbocycles. The molecule has 1 aromatic carbocycles. The molecule has 130 valence electrons. The number of anilines is 1. The zero-order chi connectivity index (χ0) is 18.1. The van der Waals surface area contributed by atoms with Gasteiger partial charge in [0.2, 0.25) is 15.9 Å². The smallest absolute Gasteiger partial charge is 0.244 e.